The first-order valence-electron chi connectivity index (χ1n) is 3.92. The molecule has 0 radical (unpaired) electrons. The fourth-order valence-electron chi connectivity index (χ4n) is 1.11. The van der Waals surface area contributed by atoms with Crippen molar-refractivity contribution < 1.29 is 8.85 Å². The van der Waals surface area contributed by atoms with Crippen LogP contribution >= 0.6 is 12.6 Å². The fraction of sp³-hybridized carbons (Fsp3) is 1.00. The minimum atomic E-state index is -1.35. The minimum absolute atomic E-state index is 0.595. The van der Waals surface area contributed by atoms with Crippen molar-refractivity contribution >= 4 is 21.9 Å². The average Bonchev–Trinajstić information content (AvgIpc) is 2.03. The Hall–Kier alpha value is 0.487. The maximum absolute atomic E-state index is 5.25. The summed E-state index contributed by atoms with van der Waals surface area (Å²) in [5.41, 5.74) is 0.595. The zero-order valence-electron chi connectivity index (χ0n) is 7.54. The van der Waals surface area contributed by atoms with Crippen LogP contribution in [0.15, 0.2) is 0 Å². The van der Waals surface area contributed by atoms with E-state index < -0.39 is 9.28 Å². The van der Waals surface area contributed by atoms with Crippen LogP contribution in [0.2, 0.25) is 5.54 Å². The quantitative estimate of drug-likeness (QED) is 0.511. The summed E-state index contributed by atoms with van der Waals surface area (Å²) in [6.07, 6.45) is 2.32. The molecule has 0 fully saturated rings. The topological polar surface area (TPSA) is 18.5 Å². The molecule has 0 heterocycles. The summed E-state index contributed by atoms with van der Waals surface area (Å²) in [6, 6.07) is 0. The molecule has 0 aliphatic rings. The molecular formula is C7H18O2SSi. The Morgan fingerprint density at radius 1 is 1.36 bits per heavy atom. The predicted molar refractivity (Wildman–Crippen MR) is 53.7 cm³/mol. The van der Waals surface area contributed by atoms with Gasteiger partial charge in [-0.15, -0.1) is 0 Å². The van der Waals surface area contributed by atoms with Gasteiger partial charge in [0.05, 0.1) is 0 Å². The van der Waals surface area contributed by atoms with Crippen LogP contribution < -0.4 is 0 Å². The van der Waals surface area contributed by atoms with E-state index in [1.165, 1.54) is 6.42 Å². The number of hydrogen-bond acceptors (Lipinski definition) is 3. The van der Waals surface area contributed by atoms with E-state index in [9.17, 15) is 0 Å². The Morgan fingerprint density at radius 2 is 1.91 bits per heavy atom. The van der Waals surface area contributed by atoms with E-state index in [0.717, 1.165) is 12.2 Å². The van der Waals surface area contributed by atoms with E-state index in [2.05, 4.69) is 19.6 Å². The maximum atomic E-state index is 5.25. The van der Waals surface area contributed by atoms with Gasteiger partial charge in [-0.2, -0.15) is 12.6 Å². The van der Waals surface area contributed by atoms with Crippen LogP contribution in [0.4, 0.5) is 0 Å². The van der Waals surface area contributed by atoms with Crippen LogP contribution in [-0.2, 0) is 8.85 Å². The first-order chi connectivity index (χ1) is 5.26. The fourth-order valence-corrected chi connectivity index (χ4v) is 2.92. The summed E-state index contributed by atoms with van der Waals surface area (Å²) in [7, 11) is 2.12. The molecule has 0 bridgehead atoms. The largest absolute Gasteiger partial charge is 0.400 e. The molecule has 0 saturated heterocycles. The van der Waals surface area contributed by atoms with Gasteiger partial charge in [-0.25, -0.2) is 0 Å². The van der Waals surface area contributed by atoms with Gasteiger partial charge in [-0.1, -0.05) is 6.92 Å². The molecule has 0 aliphatic carbocycles. The molecule has 2 nitrogen and oxygen atoms in total. The monoisotopic (exact) mass is 194 g/mol. The molecule has 0 N–H and O–H groups in total. The van der Waals surface area contributed by atoms with Crippen molar-refractivity contribution in [2.24, 2.45) is 0 Å². The lowest BCUT2D eigenvalue weighted by Crippen LogP contribution is -2.24. The Kier molecular flexibility index (Phi) is 7.47. The second-order valence-electron chi connectivity index (χ2n) is 2.68. The van der Waals surface area contributed by atoms with Gasteiger partial charge in [0.2, 0.25) is 0 Å². The average molecular weight is 194 g/mol. The van der Waals surface area contributed by atoms with E-state index in [1.54, 1.807) is 14.2 Å². The first-order valence-corrected chi connectivity index (χ1v) is 6.16. The van der Waals surface area contributed by atoms with Crippen molar-refractivity contribution in [3.63, 3.8) is 0 Å². The number of thiol groups is 1. The van der Waals surface area contributed by atoms with E-state index in [4.69, 9.17) is 8.85 Å². The molecule has 0 rings (SSSR count). The van der Waals surface area contributed by atoms with Crippen molar-refractivity contribution in [2.75, 3.05) is 20.0 Å². The maximum Gasteiger partial charge on any atom is 0.323 e. The van der Waals surface area contributed by atoms with Crippen molar-refractivity contribution in [3.05, 3.63) is 0 Å². The minimum Gasteiger partial charge on any atom is -0.400 e. The zero-order chi connectivity index (χ0) is 8.69. The van der Waals surface area contributed by atoms with Crippen LogP contribution in [0.5, 0.6) is 0 Å². The number of hydrogen-bond donors (Lipinski definition) is 1. The molecule has 0 aromatic rings. The van der Waals surface area contributed by atoms with Crippen LogP contribution in [-0.4, -0.2) is 29.3 Å². The summed E-state index contributed by atoms with van der Waals surface area (Å²) in [6.45, 7) is 2.19. The van der Waals surface area contributed by atoms with Crippen LogP contribution in [0.25, 0.3) is 0 Å². The van der Waals surface area contributed by atoms with Gasteiger partial charge in [0.15, 0.2) is 0 Å². The SMILES string of the molecule is CO[SiH](OC)C(C)CCCS. The third-order valence-electron chi connectivity index (χ3n) is 1.75. The highest BCUT2D eigenvalue weighted by Crippen LogP contribution is 2.17. The molecule has 4 heteroatoms. The predicted octanol–water partition coefficient (Wildman–Crippen LogP) is 1.60. The van der Waals surface area contributed by atoms with Crippen molar-refractivity contribution in [1.29, 1.82) is 0 Å². The molecule has 68 valence electrons. The Balaban J connectivity index is 3.51. The van der Waals surface area contributed by atoms with Crippen LogP contribution in [0.1, 0.15) is 19.8 Å². The van der Waals surface area contributed by atoms with Crippen molar-refractivity contribution in [2.45, 2.75) is 25.3 Å². The molecular weight excluding hydrogens is 176 g/mol. The number of rotatable bonds is 6. The lowest BCUT2D eigenvalue weighted by molar-refractivity contribution is 0.265. The van der Waals surface area contributed by atoms with Gasteiger partial charge in [0, 0.05) is 14.2 Å². The zero-order valence-corrected chi connectivity index (χ0v) is 9.59. The standard InChI is InChI=1S/C7H18O2SSi/c1-7(5-4-6-10)11(8-2)9-3/h7,10-11H,4-6H2,1-3H3. The highest BCUT2D eigenvalue weighted by molar-refractivity contribution is 7.80. The van der Waals surface area contributed by atoms with E-state index in [1.807, 2.05) is 0 Å². The molecule has 0 aromatic carbocycles. The third kappa shape index (κ3) is 4.84. The van der Waals surface area contributed by atoms with Gasteiger partial charge in [-0.05, 0) is 24.1 Å². The van der Waals surface area contributed by atoms with Gasteiger partial charge in [-0.3, -0.25) is 0 Å². The first kappa shape index (κ1) is 11.5. The van der Waals surface area contributed by atoms with Gasteiger partial charge < -0.3 is 8.85 Å². The van der Waals surface area contributed by atoms with E-state index in [-0.39, 0.29) is 0 Å². The summed E-state index contributed by atoms with van der Waals surface area (Å²) in [5.74, 6) is 0.957. The summed E-state index contributed by atoms with van der Waals surface area (Å²) in [4.78, 5) is 0. The van der Waals surface area contributed by atoms with E-state index in [0.29, 0.717) is 5.54 Å². The van der Waals surface area contributed by atoms with Gasteiger partial charge >= 0.3 is 9.28 Å². The molecule has 1 unspecified atom stereocenters. The summed E-state index contributed by atoms with van der Waals surface area (Å²) in [5, 5.41) is 0. The second-order valence-corrected chi connectivity index (χ2v) is 5.95. The van der Waals surface area contributed by atoms with Crippen molar-refractivity contribution in [1.82, 2.24) is 0 Å². The Labute approximate surface area is 76.5 Å². The normalized spacial score (nSPS) is 13.9. The molecule has 0 saturated carbocycles. The van der Waals surface area contributed by atoms with Crippen molar-refractivity contribution in [3.8, 4) is 0 Å². The van der Waals surface area contributed by atoms with Gasteiger partial charge in [0.1, 0.15) is 0 Å². The summed E-state index contributed by atoms with van der Waals surface area (Å²) < 4.78 is 10.5. The molecule has 0 aliphatic heterocycles. The smallest absolute Gasteiger partial charge is 0.323 e. The molecule has 1 atom stereocenters. The lowest BCUT2D eigenvalue weighted by atomic mass is 10.3. The molecule has 11 heavy (non-hydrogen) atoms. The second kappa shape index (κ2) is 7.15. The highest BCUT2D eigenvalue weighted by atomic mass is 32.1. The molecule has 0 spiro atoms. The van der Waals surface area contributed by atoms with E-state index >= 15 is 0 Å². The van der Waals surface area contributed by atoms with Gasteiger partial charge in [0.25, 0.3) is 0 Å². The third-order valence-corrected chi connectivity index (χ3v) is 4.25. The Bertz CT molecular complexity index is 88.5. The molecule has 0 amide bonds. The summed E-state index contributed by atoms with van der Waals surface area (Å²) >= 11 is 4.16. The van der Waals surface area contributed by atoms with Crippen LogP contribution in [0, 0.1) is 0 Å². The molecule has 0 aromatic heterocycles. The highest BCUT2D eigenvalue weighted by Gasteiger charge is 2.18. The Morgan fingerprint density at radius 3 is 2.27 bits per heavy atom. The van der Waals surface area contributed by atoms with Crippen LogP contribution in [0.3, 0.4) is 0 Å². The lowest BCUT2D eigenvalue weighted by Gasteiger charge is -2.17.